The number of carboxylic acid groups (broad SMARTS) is 1. The van der Waals surface area contributed by atoms with Gasteiger partial charge in [-0.2, -0.15) is 26.3 Å². The molecule has 1 saturated carbocycles. The lowest BCUT2D eigenvalue weighted by molar-refractivity contribution is -0.153. The zero-order chi connectivity index (χ0) is 31.4. The molecule has 0 unspecified atom stereocenters. The monoisotopic (exact) mass is 609 g/mol. The molecule has 0 spiro atoms. The summed E-state index contributed by atoms with van der Waals surface area (Å²) in [6.07, 6.45) is -7.00. The second-order valence-electron chi connectivity index (χ2n) is 10.8. The van der Waals surface area contributed by atoms with E-state index in [1.165, 1.54) is 6.07 Å². The standard InChI is InChI=1S/C31H29F6NO5/c32-30(33,34)24-6-2-1-5-23(24)29-38-27(28(43-29)31(35,36)37)25(40)7-3-4-22(39)16-18-8-12-20(13-9-18)21-14-10-19(11-15-21)17-26(41)42/h1-2,5-6,8-9,12-13,19,21H,3-4,7,10-11,14-17H2,(H,41,42). The molecular formula is C31H29F6NO5. The number of nitrogens with zero attached hydrogens (tertiary/aromatic N) is 1. The Morgan fingerprint density at radius 1 is 0.860 bits per heavy atom. The third kappa shape index (κ3) is 8.32. The van der Waals surface area contributed by atoms with Crippen molar-refractivity contribution in [2.45, 2.75) is 76.1 Å². The number of carbonyl (C=O) groups excluding carboxylic acids is 2. The van der Waals surface area contributed by atoms with Crippen LogP contribution in [0.1, 0.15) is 90.2 Å². The smallest absolute Gasteiger partial charge is 0.452 e. The van der Waals surface area contributed by atoms with Crippen molar-refractivity contribution in [2.75, 3.05) is 0 Å². The Kier molecular flexibility index (Phi) is 9.76. The summed E-state index contributed by atoms with van der Waals surface area (Å²) in [6, 6.07) is 11.3. The van der Waals surface area contributed by atoms with E-state index in [0.29, 0.717) is 12.0 Å². The van der Waals surface area contributed by atoms with Crippen molar-refractivity contribution in [3.05, 3.63) is 76.7 Å². The van der Waals surface area contributed by atoms with E-state index in [0.717, 1.165) is 48.9 Å². The van der Waals surface area contributed by atoms with E-state index in [9.17, 15) is 40.7 Å². The van der Waals surface area contributed by atoms with Crippen molar-refractivity contribution in [1.82, 2.24) is 4.98 Å². The van der Waals surface area contributed by atoms with Gasteiger partial charge in [0.15, 0.2) is 11.5 Å². The summed E-state index contributed by atoms with van der Waals surface area (Å²) < 4.78 is 85.6. The molecular weight excluding hydrogens is 580 g/mol. The molecule has 0 atom stereocenters. The van der Waals surface area contributed by atoms with Crippen LogP contribution in [0, 0.1) is 5.92 Å². The van der Waals surface area contributed by atoms with Crippen LogP contribution in [0.3, 0.4) is 0 Å². The number of aliphatic carboxylic acids is 1. The molecule has 3 aromatic rings. The van der Waals surface area contributed by atoms with Crippen LogP contribution >= 0.6 is 0 Å². The maximum atomic E-state index is 13.6. The van der Waals surface area contributed by atoms with Gasteiger partial charge < -0.3 is 9.52 Å². The van der Waals surface area contributed by atoms with Crippen LogP contribution in [-0.4, -0.2) is 27.6 Å². The molecule has 230 valence electrons. The molecule has 0 bridgehead atoms. The fourth-order valence-electron chi connectivity index (χ4n) is 5.47. The average Bonchev–Trinajstić information content (AvgIpc) is 3.40. The second-order valence-corrected chi connectivity index (χ2v) is 10.8. The van der Waals surface area contributed by atoms with Gasteiger partial charge in [0.25, 0.3) is 0 Å². The summed E-state index contributed by atoms with van der Waals surface area (Å²) in [6.45, 7) is 0. The topological polar surface area (TPSA) is 97.5 Å². The Labute approximate surface area is 243 Å². The number of hydrogen-bond donors (Lipinski definition) is 1. The Bertz CT molecular complexity index is 1450. The Hall–Kier alpha value is -3.96. The highest BCUT2D eigenvalue weighted by molar-refractivity contribution is 5.96. The molecule has 0 saturated heterocycles. The van der Waals surface area contributed by atoms with Crippen LogP contribution in [0.5, 0.6) is 0 Å². The number of hydrogen-bond acceptors (Lipinski definition) is 5. The van der Waals surface area contributed by atoms with Gasteiger partial charge in [0.1, 0.15) is 5.78 Å². The highest BCUT2D eigenvalue weighted by Gasteiger charge is 2.43. The molecule has 6 nitrogen and oxygen atoms in total. The van der Waals surface area contributed by atoms with E-state index in [1.807, 2.05) is 24.3 Å². The summed E-state index contributed by atoms with van der Waals surface area (Å²) in [5.74, 6) is -4.36. The normalized spacial score (nSPS) is 17.5. The number of ketones is 2. The number of alkyl halides is 6. The van der Waals surface area contributed by atoms with Crippen LogP contribution in [-0.2, 0) is 28.4 Å². The van der Waals surface area contributed by atoms with Crippen LogP contribution in [0.2, 0.25) is 0 Å². The van der Waals surface area contributed by atoms with E-state index >= 15 is 0 Å². The summed E-state index contributed by atoms with van der Waals surface area (Å²) in [4.78, 5) is 39.6. The van der Waals surface area contributed by atoms with Gasteiger partial charge in [-0.25, -0.2) is 4.98 Å². The van der Waals surface area contributed by atoms with Crippen LogP contribution < -0.4 is 0 Å². The Morgan fingerprint density at radius 3 is 2.12 bits per heavy atom. The first-order valence-corrected chi connectivity index (χ1v) is 13.8. The lowest BCUT2D eigenvalue weighted by Crippen LogP contribution is -2.16. The fraction of sp³-hybridized carbons (Fsp3) is 0.419. The van der Waals surface area contributed by atoms with Gasteiger partial charge in [-0.1, -0.05) is 36.4 Å². The number of carbonyl (C=O) groups is 3. The SMILES string of the molecule is O=C(O)CC1CCC(c2ccc(CC(=O)CCCC(=O)c3nc(-c4ccccc4C(F)(F)F)oc3C(F)(F)F)cc2)CC1. The molecule has 1 aromatic heterocycles. The molecule has 0 aliphatic heterocycles. The number of carboxylic acids is 1. The minimum atomic E-state index is -5.18. The first kappa shape index (κ1) is 32.0. The second kappa shape index (κ2) is 13.1. The van der Waals surface area contributed by atoms with Crippen molar-refractivity contribution < 1.29 is 50.2 Å². The Morgan fingerprint density at radius 2 is 1.51 bits per heavy atom. The van der Waals surface area contributed by atoms with Crippen molar-refractivity contribution in [1.29, 1.82) is 0 Å². The molecule has 1 N–H and O–H groups in total. The number of halogens is 6. The number of oxazole rings is 1. The lowest BCUT2D eigenvalue weighted by Gasteiger charge is -2.28. The fourth-order valence-corrected chi connectivity index (χ4v) is 5.47. The summed E-state index contributed by atoms with van der Waals surface area (Å²) in [5, 5.41) is 8.97. The molecule has 0 radical (unpaired) electrons. The number of aromatic nitrogens is 1. The first-order valence-electron chi connectivity index (χ1n) is 13.8. The Balaban J connectivity index is 1.33. The lowest BCUT2D eigenvalue weighted by atomic mass is 9.77. The van der Waals surface area contributed by atoms with Crippen molar-refractivity contribution in [3.63, 3.8) is 0 Å². The molecule has 4 rings (SSSR count). The third-order valence-corrected chi connectivity index (χ3v) is 7.63. The van der Waals surface area contributed by atoms with Gasteiger partial charge in [-0.15, -0.1) is 0 Å². The quantitative estimate of drug-likeness (QED) is 0.174. The number of benzene rings is 2. The molecule has 0 amide bonds. The summed E-state index contributed by atoms with van der Waals surface area (Å²) in [7, 11) is 0. The highest BCUT2D eigenvalue weighted by Crippen LogP contribution is 2.41. The van der Waals surface area contributed by atoms with E-state index in [2.05, 4.69) is 9.40 Å². The highest BCUT2D eigenvalue weighted by atomic mass is 19.4. The van der Waals surface area contributed by atoms with Crippen molar-refractivity contribution in [2.24, 2.45) is 5.92 Å². The van der Waals surface area contributed by atoms with E-state index in [-0.39, 0.29) is 37.4 Å². The third-order valence-electron chi connectivity index (χ3n) is 7.63. The van der Waals surface area contributed by atoms with Gasteiger partial charge in [-0.05, 0) is 67.2 Å². The summed E-state index contributed by atoms with van der Waals surface area (Å²) in [5.41, 5.74) is -1.26. The predicted octanol–water partition coefficient (Wildman–Crippen LogP) is 8.29. The van der Waals surface area contributed by atoms with E-state index in [4.69, 9.17) is 5.11 Å². The van der Waals surface area contributed by atoms with Gasteiger partial charge in [0.2, 0.25) is 11.7 Å². The molecule has 12 heteroatoms. The first-order chi connectivity index (χ1) is 20.2. The molecule has 1 aliphatic carbocycles. The van der Waals surface area contributed by atoms with E-state index in [1.54, 1.807) is 0 Å². The van der Waals surface area contributed by atoms with Crippen LogP contribution in [0.25, 0.3) is 11.5 Å². The van der Waals surface area contributed by atoms with Crippen molar-refractivity contribution in [3.8, 4) is 11.5 Å². The van der Waals surface area contributed by atoms with Crippen LogP contribution in [0.15, 0.2) is 52.9 Å². The number of Topliss-reactive ketones (excluding diaryl/α,β-unsaturated/α-hetero) is 2. The van der Waals surface area contributed by atoms with Gasteiger partial charge in [0, 0.05) is 31.2 Å². The van der Waals surface area contributed by atoms with Crippen molar-refractivity contribution >= 4 is 17.5 Å². The zero-order valence-electron chi connectivity index (χ0n) is 22.9. The van der Waals surface area contributed by atoms with Gasteiger partial charge in [-0.3, -0.25) is 14.4 Å². The largest absolute Gasteiger partial charge is 0.481 e. The molecule has 1 heterocycles. The molecule has 1 fully saturated rings. The maximum absolute atomic E-state index is 13.6. The minimum Gasteiger partial charge on any atom is -0.481 e. The maximum Gasteiger partial charge on any atom is 0.452 e. The van der Waals surface area contributed by atoms with Crippen LogP contribution in [0.4, 0.5) is 26.3 Å². The summed E-state index contributed by atoms with van der Waals surface area (Å²) >= 11 is 0. The minimum absolute atomic E-state index is 0.0654. The molecule has 1 aliphatic rings. The average molecular weight is 610 g/mol. The number of rotatable bonds is 11. The van der Waals surface area contributed by atoms with Gasteiger partial charge >= 0.3 is 18.3 Å². The van der Waals surface area contributed by atoms with E-state index < -0.39 is 59.0 Å². The zero-order valence-corrected chi connectivity index (χ0v) is 22.9. The van der Waals surface area contributed by atoms with Gasteiger partial charge in [0.05, 0.1) is 5.56 Å². The molecule has 43 heavy (non-hydrogen) atoms. The molecule has 2 aromatic carbocycles. The predicted molar refractivity (Wildman–Crippen MR) is 142 cm³/mol.